The van der Waals surface area contributed by atoms with E-state index in [4.69, 9.17) is 5.73 Å². The molecule has 0 unspecified atom stereocenters. The molecule has 53 valence electrons. The van der Waals surface area contributed by atoms with Gasteiger partial charge < -0.3 is 5.73 Å². The summed E-state index contributed by atoms with van der Waals surface area (Å²) in [4.78, 5) is 7.88. The van der Waals surface area contributed by atoms with Gasteiger partial charge in [-0.15, -0.1) is 0 Å². The molecule has 0 bridgehead atoms. The van der Waals surface area contributed by atoms with Crippen molar-refractivity contribution in [1.82, 2.24) is 15.7 Å². The maximum atomic E-state index is 7.32. The lowest BCUT2D eigenvalue weighted by Gasteiger charge is -1.94. The highest BCUT2D eigenvalue weighted by molar-refractivity contribution is 5.79. The Kier molecular flexibility index (Phi) is 1.22. The van der Waals surface area contributed by atoms with Gasteiger partial charge in [0.15, 0.2) is 0 Å². The predicted molar refractivity (Wildman–Crippen MR) is 42.3 cm³/mol. The van der Waals surface area contributed by atoms with Gasteiger partial charge in [-0.2, -0.15) is 0 Å². The van der Waals surface area contributed by atoms with Gasteiger partial charge in [-0.3, -0.25) is 0 Å². The molecule has 0 amide bonds. The molecule has 2 aromatic rings. The second-order valence-corrected chi connectivity index (χ2v) is 2.30. The molecule has 1 heterocycles. The normalized spacial score (nSPS) is 10.2. The molecule has 0 aliphatic rings. The second-order valence-electron chi connectivity index (χ2n) is 2.30. The average molecular weight is 144 g/mol. The highest BCUT2D eigenvalue weighted by atomic mass is 14.8. The lowest BCUT2D eigenvalue weighted by molar-refractivity contribution is 1.22. The molecule has 0 aliphatic carbocycles. The van der Waals surface area contributed by atoms with E-state index in [2.05, 4.69) is 9.97 Å². The molecule has 0 aliphatic heterocycles. The maximum absolute atomic E-state index is 7.32. The van der Waals surface area contributed by atoms with E-state index in [0.29, 0.717) is 5.69 Å². The van der Waals surface area contributed by atoms with E-state index >= 15 is 0 Å². The zero-order chi connectivity index (χ0) is 7.68. The van der Waals surface area contributed by atoms with Crippen LogP contribution in [0.4, 0.5) is 5.69 Å². The fourth-order valence-corrected chi connectivity index (χ4v) is 0.974. The van der Waals surface area contributed by atoms with Crippen LogP contribution < -0.4 is 5.73 Å². The first-order chi connectivity index (χ1) is 5.36. The van der Waals surface area contributed by atoms with Crippen LogP contribution >= 0.6 is 0 Å². The molecule has 1 aromatic heterocycles. The predicted octanol–water partition coefficient (Wildman–Crippen LogP) is 1.54. The zero-order valence-electron chi connectivity index (χ0n) is 5.78. The number of benzene rings is 1. The Balaban J connectivity index is 2.83. The number of aromatic nitrogens is 2. The topological polar surface area (TPSA) is 49.6 Å². The second kappa shape index (κ2) is 2.20. The lowest BCUT2D eigenvalue weighted by Crippen LogP contribution is -1.80. The minimum absolute atomic E-state index is 0.483. The van der Waals surface area contributed by atoms with Crippen molar-refractivity contribution in [1.29, 1.82) is 0 Å². The van der Waals surface area contributed by atoms with Gasteiger partial charge in [0.2, 0.25) is 0 Å². The van der Waals surface area contributed by atoms with Crippen molar-refractivity contribution in [2.45, 2.75) is 0 Å². The Bertz CT molecular complexity index is 384. The molecule has 0 atom stereocenters. The first-order valence-corrected chi connectivity index (χ1v) is 3.27. The van der Waals surface area contributed by atoms with Crippen LogP contribution in [-0.4, -0.2) is 9.97 Å². The van der Waals surface area contributed by atoms with Gasteiger partial charge in [-0.25, -0.2) is 9.97 Å². The van der Waals surface area contributed by atoms with E-state index in [9.17, 15) is 0 Å². The van der Waals surface area contributed by atoms with E-state index in [-0.39, 0.29) is 0 Å². The number of nitrogens with zero attached hydrogens (tertiary/aromatic N) is 2. The van der Waals surface area contributed by atoms with Gasteiger partial charge in [0.05, 0.1) is 11.2 Å². The molecule has 0 spiro atoms. The molecule has 1 aromatic carbocycles. The third-order valence-electron chi connectivity index (χ3n) is 1.51. The van der Waals surface area contributed by atoms with Crippen LogP contribution in [0.5, 0.6) is 0 Å². The summed E-state index contributed by atoms with van der Waals surface area (Å²) in [7, 11) is 0. The van der Waals surface area contributed by atoms with Crippen LogP contribution in [0, 0.1) is 0 Å². The highest BCUT2D eigenvalue weighted by Crippen LogP contribution is 2.13. The molecule has 3 heteroatoms. The van der Waals surface area contributed by atoms with Crippen molar-refractivity contribution in [3.8, 4) is 0 Å². The molecular formula is C8H6N3. The van der Waals surface area contributed by atoms with E-state index in [1.165, 1.54) is 6.33 Å². The summed E-state index contributed by atoms with van der Waals surface area (Å²) in [6.07, 6.45) is 3.23. The van der Waals surface area contributed by atoms with Crippen molar-refractivity contribution in [2.24, 2.45) is 0 Å². The van der Waals surface area contributed by atoms with Crippen molar-refractivity contribution in [3.05, 3.63) is 30.7 Å². The maximum Gasteiger partial charge on any atom is 0.116 e. The quantitative estimate of drug-likeness (QED) is 0.563. The Morgan fingerprint density at radius 3 is 3.09 bits per heavy atom. The van der Waals surface area contributed by atoms with E-state index < -0.39 is 0 Å². The number of rotatable bonds is 0. The molecule has 0 fully saturated rings. The standard InChI is InChI=1S/C8H6N3/c9-7-2-1-6-4-10-5-11-8(6)3-7/h1-5,9H. The fraction of sp³-hybridized carbons (Fsp3) is 0. The summed E-state index contributed by atoms with van der Waals surface area (Å²) in [6, 6.07) is 5.29. The summed E-state index contributed by atoms with van der Waals surface area (Å²) in [5.41, 5.74) is 8.63. The van der Waals surface area contributed by atoms with Crippen molar-refractivity contribution in [3.63, 3.8) is 0 Å². The first-order valence-electron chi connectivity index (χ1n) is 3.27. The number of hydrogen-bond donors (Lipinski definition) is 0. The molecule has 0 saturated carbocycles. The minimum atomic E-state index is 0.483. The van der Waals surface area contributed by atoms with Crippen molar-refractivity contribution >= 4 is 16.6 Å². The van der Waals surface area contributed by atoms with Crippen LogP contribution in [0.1, 0.15) is 0 Å². The summed E-state index contributed by atoms with van der Waals surface area (Å²) in [5, 5.41) is 0.975. The Morgan fingerprint density at radius 1 is 1.27 bits per heavy atom. The third kappa shape index (κ3) is 1.00. The van der Waals surface area contributed by atoms with Crippen LogP contribution in [0.3, 0.4) is 0 Å². The van der Waals surface area contributed by atoms with Gasteiger partial charge >= 0.3 is 0 Å². The Hall–Kier alpha value is -1.64. The number of hydrogen-bond acceptors (Lipinski definition) is 2. The number of nitrogens with one attached hydrogen (secondary N) is 1. The summed E-state index contributed by atoms with van der Waals surface area (Å²) in [5.74, 6) is 0. The molecule has 0 saturated heterocycles. The first kappa shape index (κ1) is 6.09. The lowest BCUT2D eigenvalue weighted by atomic mass is 10.2. The minimum Gasteiger partial charge on any atom is -0.301 e. The average Bonchev–Trinajstić information content (AvgIpc) is 2.04. The molecule has 2 rings (SSSR count). The van der Waals surface area contributed by atoms with Crippen LogP contribution in [-0.2, 0) is 0 Å². The van der Waals surface area contributed by atoms with Gasteiger partial charge in [0, 0.05) is 11.6 Å². The molecule has 1 radical (unpaired) electrons. The van der Waals surface area contributed by atoms with Crippen LogP contribution in [0.2, 0.25) is 0 Å². The van der Waals surface area contributed by atoms with Gasteiger partial charge in [0.1, 0.15) is 6.33 Å². The molecule has 11 heavy (non-hydrogen) atoms. The molecular weight excluding hydrogens is 138 g/mol. The SMILES string of the molecule is [NH]c1ccc2cncnc2c1. The van der Waals surface area contributed by atoms with Crippen LogP contribution in [0.15, 0.2) is 30.7 Å². The van der Waals surface area contributed by atoms with E-state index in [0.717, 1.165) is 10.9 Å². The molecule has 1 N–H and O–H groups in total. The monoisotopic (exact) mass is 144 g/mol. The summed E-state index contributed by atoms with van der Waals surface area (Å²) < 4.78 is 0. The van der Waals surface area contributed by atoms with Gasteiger partial charge in [-0.1, -0.05) is 0 Å². The largest absolute Gasteiger partial charge is 0.301 e. The fourth-order valence-electron chi connectivity index (χ4n) is 0.974. The smallest absolute Gasteiger partial charge is 0.116 e. The zero-order valence-corrected chi connectivity index (χ0v) is 5.78. The van der Waals surface area contributed by atoms with E-state index in [1.54, 1.807) is 18.3 Å². The van der Waals surface area contributed by atoms with E-state index in [1.807, 2.05) is 6.07 Å². The Labute approximate surface area is 63.9 Å². The highest BCUT2D eigenvalue weighted by Gasteiger charge is 1.92. The summed E-state index contributed by atoms with van der Waals surface area (Å²) >= 11 is 0. The van der Waals surface area contributed by atoms with Crippen molar-refractivity contribution in [2.75, 3.05) is 0 Å². The molecule has 3 nitrogen and oxygen atoms in total. The van der Waals surface area contributed by atoms with Gasteiger partial charge in [0.25, 0.3) is 0 Å². The third-order valence-corrected chi connectivity index (χ3v) is 1.51. The van der Waals surface area contributed by atoms with Gasteiger partial charge in [-0.05, 0) is 18.2 Å². The van der Waals surface area contributed by atoms with Crippen molar-refractivity contribution < 1.29 is 0 Å². The summed E-state index contributed by atoms with van der Waals surface area (Å²) in [6.45, 7) is 0. The Morgan fingerprint density at radius 2 is 2.18 bits per heavy atom. The van der Waals surface area contributed by atoms with Crippen LogP contribution in [0.25, 0.3) is 10.9 Å². The number of fused-ring (bicyclic) bond motifs is 1.